The number of benzene rings is 3. The number of ether oxygens (including phenoxy) is 3. The average Bonchev–Trinajstić information content (AvgIpc) is 3.01. The van der Waals surface area contributed by atoms with E-state index < -0.39 is 15.9 Å². The number of morpholine rings is 1. The van der Waals surface area contributed by atoms with Crippen molar-refractivity contribution < 1.29 is 32.2 Å². The van der Waals surface area contributed by atoms with E-state index in [1.54, 1.807) is 23.1 Å². The van der Waals surface area contributed by atoms with E-state index in [1.807, 2.05) is 24.3 Å². The summed E-state index contributed by atoms with van der Waals surface area (Å²) in [7, 11) is -3.65. The van der Waals surface area contributed by atoms with Crippen LogP contribution >= 0.6 is 0 Å². The minimum atomic E-state index is -3.65. The van der Waals surface area contributed by atoms with E-state index in [4.69, 9.17) is 14.2 Å². The Hall–Kier alpha value is -3.93. The highest BCUT2D eigenvalue weighted by Crippen LogP contribution is 2.35. The molecule has 2 heterocycles. The number of sulfonamides is 1. The maximum Gasteiger partial charge on any atom is 0.265 e. The first kappa shape index (κ1) is 28.6. The molecule has 0 radical (unpaired) electrons. The zero-order chi connectivity index (χ0) is 28.8. The summed E-state index contributed by atoms with van der Waals surface area (Å²) in [6, 6.07) is 18.9. The van der Waals surface area contributed by atoms with E-state index in [-0.39, 0.29) is 17.4 Å². The SMILES string of the molecule is CCc1ccc(OCCCN2C(=O)COc3ccc(NC(=O)c4ccc(S(=O)(=O)N5CCOCC5)cc4)cc32)cc1. The second-order valence-electron chi connectivity index (χ2n) is 9.71. The van der Waals surface area contributed by atoms with Crippen LogP contribution in [0.4, 0.5) is 11.4 Å². The van der Waals surface area contributed by atoms with Crippen molar-refractivity contribution in [3.05, 3.63) is 77.9 Å². The van der Waals surface area contributed by atoms with Crippen LogP contribution in [0.2, 0.25) is 0 Å². The topological polar surface area (TPSA) is 114 Å². The Bertz CT molecular complexity index is 1490. The third-order valence-corrected chi connectivity index (χ3v) is 8.92. The number of rotatable bonds is 10. The molecule has 0 atom stereocenters. The zero-order valence-electron chi connectivity index (χ0n) is 22.9. The van der Waals surface area contributed by atoms with Crippen LogP contribution in [0.25, 0.3) is 0 Å². The predicted molar refractivity (Wildman–Crippen MR) is 154 cm³/mol. The van der Waals surface area contributed by atoms with Gasteiger partial charge in [-0.3, -0.25) is 9.59 Å². The van der Waals surface area contributed by atoms with Crippen molar-refractivity contribution in [2.24, 2.45) is 0 Å². The number of aryl methyl sites for hydroxylation is 1. The van der Waals surface area contributed by atoms with Gasteiger partial charge in [-0.1, -0.05) is 19.1 Å². The molecule has 11 heteroatoms. The molecule has 216 valence electrons. The smallest absolute Gasteiger partial charge is 0.265 e. The van der Waals surface area contributed by atoms with Crippen molar-refractivity contribution in [3.63, 3.8) is 0 Å². The van der Waals surface area contributed by atoms with Crippen LogP contribution in [-0.4, -0.2) is 70.6 Å². The molecule has 1 N–H and O–H groups in total. The summed E-state index contributed by atoms with van der Waals surface area (Å²) in [5.74, 6) is 0.756. The maximum absolute atomic E-state index is 13.0. The van der Waals surface area contributed by atoms with Gasteiger partial charge in [0.1, 0.15) is 11.5 Å². The van der Waals surface area contributed by atoms with Gasteiger partial charge in [-0.2, -0.15) is 4.31 Å². The summed E-state index contributed by atoms with van der Waals surface area (Å²) >= 11 is 0. The monoisotopic (exact) mass is 579 g/mol. The lowest BCUT2D eigenvalue weighted by molar-refractivity contribution is -0.121. The van der Waals surface area contributed by atoms with Crippen LogP contribution in [0.3, 0.4) is 0 Å². The van der Waals surface area contributed by atoms with Gasteiger partial charge in [-0.15, -0.1) is 0 Å². The molecule has 2 aliphatic heterocycles. The third-order valence-electron chi connectivity index (χ3n) is 7.01. The minimum absolute atomic E-state index is 0.0578. The van der Waals surface area contributed by atoms with Crippen LogP contribution < -0.4 is 19.7 Å². The van der Waals surface area contributed by atoms with Crippen molar-refractivity contribution in [3.8, 4) is 11.5 Å². The summed E-state index contributed by atoms with van der Waals surface area (Å²) < 4.78 is 43.8. The number of amides is 2. The fourth-order valence-electron chi connectivity index (χ4n) is 4.68. The average molecular weight is 580 g/mol. The van der Waals surface area contributed by atoms with E-state index in [0.717, 1.165) is 12.2 Å². The highest BCUT2D eigenvalue weighted by Gasteiger charge is 2.27. The molecule has 5 rings (SSSR count). The molecular weight excluding hydrogens is 546 g/mol. The van der Waals surface area contributed by atoms with Crippen molar-refractivity contribution in [1.29, 1.82) is 0 Å². The van der Waals surface area contributed by atoms with Crippen LogP contribution in [0.15, 0.2) is 71.6 Å². The first-order valence-corrected chi connectivity index (χ1v) is 15.1. The van der Waals surface area contributed by atoms with Gasteiger partial charge in [0.05, 0.1) is 30.4 Å². The molecule has 41 heavy (non-hydrogen) atoms. The van der Waals surface area contributed by atoms with E-state index in [9.17, 15) is 18.0 Å². The Kier molecular flexibility index (Phi) is 8.87. The number of nitrogens with one attached hydrogen (secondary N) is 1. The highest BCUT2D eigenvalue weighted by atomic mass is 32.2. The number of carbonyl (C=O) groups is 2. The minimum Gasteiger partial charge on any atom is -0.494 e. The molecule has 1 fully saturated rings. The molecule has 10 nitrogen and oxygen atoms in total. The van der Waals surface area contributed by atoms with Crippen molar-refractivity contribution >= 4 is 33.2 Å². The first-order valence-electron chi connectivity index (χ1n) is 13.6. The number of anilines is 2. The molecule has 0 spiro atoms. The van der Waals surface area contributed by atoms with Gasteiger partial charge >= 0.3 is 0 Å². The Morgan fingerprint density at radius 2 is 1.73 bits per heavy atom. The fraction of sp³-hybridized carbons (Fsp3) is 0.333. The lowest BCUT2D eigenvalue weighted by atomic mass is 10.1. The van der Waals surface area contributed by atoms with E-state index in [1.165, 1.54) is 34.1 Å². The molecule has 3 aromatic rings. The number of nitrogens with zero attached hydrogens (tertiary/aromatic N) is 2. The second kappa shape index (κ2) is 12.7. The number of fused-ring (bicyclic) bond motifs is 1. The van der Waals surface area contributed by atoms with Crippen molar-refractivity contribution in [2.45, 2.75) is 24.7 Å². The molecule has 0 aliphatic carbocycles. The molecule has 1 saturated heterocycles. The van der Waals surface area contributed by atoms with Crippen molar-refractivity contribution in [2.75, 3.05) is 56.3 Å². The molecule has 2 aliphatic rings. The number of hydrogen-bond donors (Lipinski definition) is 1. The molecule has 0 aromatic heterocycles. The van der Waals surface area contributed by atoms with Gasteiger partial charge in [-0.05, 0) is 73.0 Å². The summed E-state index contributed by atoms with van der Waals surface area (Å²) in [5, 5.41) is 2.83. The molecule has 0 saturated carbocycles. The lowest BCUT2D eigenvalue weighted by Gasteiger charge is -2.30. The van der Waals surface area contributed by atoms with Gasteiger partial charge < -0.3 is 24.4 Å². The van der Waals surface area contributed by atoms with Crippen molar-refractivity contribution in [1.82, 2.24) is 4.31 Å². The summed E-state index contributed by atoms with van der Waals surface area (Å²) in [6.45, 7) is 4.22. The molecule has 0 bridgehead atoms. The van der Waals surface area contributed by atoms with E-state index in [0.29, 0.717) is 68.6 Å². The summed E-state index contributed by atoms with van der Waals surface area (Å²) in [5.41, 5.74) is 2.59. The zero-order valence-corrected chi connectivity index (χ0v) is 23.7. The standard InChI is InChI=1S/C30H33N3O7S/c1-2-22-4-9-25(10-5-22)39-17-3-14-33-27-20-24(8-13-28(27)40-21-29(33)34)31-30(35)23-6-11-26(12-7-23)41(36,37)32-15-18-38-19-16-32/h4-13,20H,2-3,14-19,21H2,1H3,(H,31,35). The quantitative estimate of drug-likeness (QED) is 0.364. The van der Waals surface area contributed by atoms with E-state index in [2.05, 4.69) is 12.2 Å². The largest absolute Gasteiger partial charge is 0.494 e. The lowest BCUT2D eigenvalue weighted by Crippen LogP contribution is -2.40. The van der Waals surface area contributed by atoms with E-state index >= 15 is 0 Å². The summed E-state index contributed by atoms with van der Waals surface area (Å²) in [4.78, 5) is 27.4. The Balaban J connectivity index is 1.21. The van der Waals surface area contributed by atoms with Crippen LogP contribution in [0, 0.1) is 0 Å². The Morgan fingerprint density at radius 3 is 2.44 bits per heavy atom. The van der Waals surface area contributed by atoms with Gasteiger partial charge in [0.25, 0.3) is 11.8 Å². The Morgan fingerprint density at radius 1 is 1.00 bits per heavy atom. The highest BCUT2D eigenvalue weighted by molar-refractivity contribution is 7.89. The Labute approximate surface area is 239 Å². The normalized spacial score (nSPS) is 15.6. The van der Waals surface area contributed by atoms with Gasteiger partial charge in [0.15, 0.2) is 6.61 Å². The van der Waals surface area contributed by atoms with Crippen LogP contribution in [-0.2, 0) is 26.0 Å². The van der Waals surface area contributed by atoms with Gasteiger partial charge in [-0.25, -0.2) is 8.42 Å². The molecule has 3 aromatic carbocycles. The summed E-state index contributed by atoms with van der Waals surface area (Å²) in [6.07, 6.45) is 1.57. The predicted octanol–water partition coefficient (Wildman–Crippen LogP) is 3.72. The fourth-order valence-corrected chi connectivity index (χ4v) is 6.08. The maximum atomic E-state index is 13.0. The van der Waals surface area contributed by atoms with Crippen LogP contribution in [0.5, 0.6) is 11.5 Å². The van der Waals surface area contributed by atoms with Gasteiger partial charge in [0, 0.05) is 30.9 Å². The first-order chi connectivity index (χ1) is 19.8. The number of carbonyl (C=O) groups excluding carboxylic acids is 2. The molecule has 0 unspecified atom stereocenters. The second-order valence-corrected chi connectivity index (χ2v) is 11.6. The van der Waals surface area contributed by atoms with Gasteiger partial charge in [0.2, 0.25) is 10.0 Å². The molecular formula is C30H33N3O7S. The van der Waals surface area contributed by atoms with Crippen LogP contribution in [0.1, 0.15) is 29.3 Å². The third kappa shape index (κ3) is 6.70. The number of hydrogen-bond acceptors (Lipinski definition) is 7. The molecule has 2 amide bonds.